The number of para-hydroxylation sites is 1. The van der Waals surface area contributed by atoms with Gasteiger partial charge in [-0.1, -0.05) is 50.0 Å². The summed E-state index contributed by atoms with van der Waals surface area (Å²) < 4.78 is 11.4. The predicted octanol–water partition coefficient (Wildman–Crippen LogP) is 3.64. The highest BCUT2D eigenvalue weighted by Gasteiger charge is 2.31. The number of carbonyl (C=O) groups excluding carboxylic acids is 1. The van der Waals surface area contributed by atoms with Crippen molar-refractivity contribution in [2.24, 2.45) is 0 Å². The highest BCUT2D eigenvalue weighted by molar-refractivity contribution is 8.26. The lowest BCUT2D eigenvalue weighted by Gasteiger charge is -2.20. The molecule has 0 spiro atoms. The minimum absolute atomic E-state index is 0.0376. The Kier molecular flexibility index (Phi) is 7.93. The van der Waals surface area contributed by atoms with Crippen molar-refractivity contribution in [3.63, 3.8) is 0 Å². The van der Waals surface area contributed by atoms with Gasteiger partial charge in [0.1, 0.15) is 4.32 Å². The van der Waals surface area contributed by atoms with Gasteiger partial charge in [0.05, 0.1) is 19.1 Å². The van der Waals surface area contributed by atoms with E-state index in [0.29, 0.717) is 27.3 Å². The van der Waals surface area contributed by atoms with Gasteiger partial charge in [0.15, 0.2) is 11.5 Å². The summed E-state index contributed by atoms with van der Waals surface area (Å²) in [6.45, 7) is 7.94. The summed E-state index contributed by atoms with van der Waals surface area (Å²) in [6.07, 6.45) is 2.73. The Labute approximate surface area is 165 Å². The number of carbonyl (C=O) groups is 1. The molecular formula is C19H26N2O3S2. The van der Waals surface area contributed by atoms with Crippen LogP contribution in [0.25, 0.3) is 6.08 Å². The molecule has 26 heavy (non-hydrogen) atoms. The highest BCUT2D eigenvalue weighted by Crippen LogP contribution is 2.37. The van der Waals surface area contributed by atoms with E-state index in [2.05, 4.69) is 18.7 Å². The van der Waals surface area contributed by atoms with Crippen LogP contribution in [0.3, 0.4) is 0 Å². The number of hydrogen-bond donors (Lipinski definition) is 0. The van der Waals surface area contributed by atoms with Crippen molar-refractivity contribution >= 4 is 40.3 Å². The first-order chi connectivity index (χ1) is 12.5. The van der Waals surface area contributed by atoms with Gasteiger partial charge < -0.3 is 14.4 Å². The summed E-state index contributed by atoms with van der Waals surface area (Å²) in [5, 5.41) is 0. The smallest absolute Gasteiger partial charge is 0.266 e. The van der Waals surface area contributed by atoms with Crippen molar-refractivity contribution in [1.82, 2.24) is 9.80 Å². The summed E-state index contributed by atoms with van der Waals surface area (Å²) in [5.41, 5.74) is 0.801. The first-order valence-corrected chi connectivity index (χ1v) is 9.96. The summed E-state index contributed by atoms with van der Waals surface area (Å²) in [5.74, 6) is 1.21. The third-order valence-electron chi connectivity index (χ3n) is 4.34. The van der Waals surface area contributed by atoms with Crippen LogP contribution < -0.4 is 9.47 Å². The van der Waals surface area contributed by atoms with Gasteiger partial charge >= 0.3 is 0 Å². The predicted molar refractivity (Wildman–Crippen MR) is 112 cm³/mol. The van der Waals surface area contributed by atoms with Gasteiger partial charge in [-0.15, -0.1) is 0 Å². The Bertz CT molecular complexity index is 687. The van der Waals surface area contributed by atoms with Gasteiger partial charge in [0.2, 0.25) is 0 Å². The molecule has 0 N–H and O–H groups in total. The van der Waals surface area contributed by atoms with Gasteiger partial charge in [-0.25, -0.2) is 0 Å². The van der Waals surface area contributed by atoms with Crippen LogP contribution in [0.5, 0.6) is 11.5 Å². The molecule has 0 saturated carbocycles. The minimum Gasteiger partial charge on any atom is -0.493 e. The first-order valence-electron chi connectivity index (χ1n) is 8.74. The van der Waals surface area contributed by atoms with Gasteiger partial charge in [-0.3, -0.25) is 9.69 Å². The fourth-order valence-electron chi connectivity index (χ4n) is 2.85. The molecule has 5 nitrogen and oxygen atoms in total. The zero-order chi connectivity index (χ0) is 19.1. The Balaban J connectivity index is 2.12. The van der Waals surface area contributed by atoms with Crippen LogP contribution in [0.2, 0.25) is 0 Å². The lowest BCUT2D eigenvalue weighted by molar-refractivity contribution is -0.122. The third kappa shape index (κ3) is 4.78. The molecule has 1 aliphatic rings. The van der Waals surface area contributed by atoms with E-state index in [4.69, 9.17) is 21.7 Å². The van der Waals surface area contributed by atoms with E-state index in [0.717, 1.165) is 31.6 Å². The molecule has 1 fully saturated rings. The van der Waals surface area contributed by atoms with Gasteiger partial charge in [0.25, 0.3) is 5.91 Å². The Morgan fingerprint density at radius 2 is 1.96 bits per heavy atom. The number of methoxy groups -OCH3 is 2. The van der Waals surface area contributed by atoms with Crippen LogP contribution in [0, 0.1) is 0 Å². The molecule has 1 amide bonds. The van der Waals surface area contributed by atoms with Crippen molar-refractivity contribution in [2.75, 3.05) is 40.4 Å². The fourth-order valence-corrected chi connectivity index (χ4v) is 4.15. The van der Waals surface area contributed by atoms with E-state index >= 15 is 0 Å². The molecule has 1 heterocycles. The van der Waals surface area contributed by atoms with E-state index < -0.39 is 0 Å². The van der Waals surface area contributed by atoms with E-state index in [1.165, 1.54) is 11.8 Å². The third-order valence-corrected chi connectivity index (χ3v) is 5.72. The topological polar surface area (TPSA) is 42.0 Å². The Morgan fingerprint density at radius 3 is 2.58 bits per heavy atom. The molecule has 0 radical (unpaired) electrons. The van der Waals surface area contributed by atoms with Crippen molar-refractivity contribution < 1.29 is 14.3 Å². The van der Waals surface area contributed by atoms with Crippen LogP contribution in [0.15, 0.2) is 23.1 Å². The molecule has 1 saturated heterocycles. The zero-order valence-electron chi connectivity index (χ0n) is 15.8. The average molecular weight is 395 g/mol. The number of hydrogen-bond acceptors (Lipinski definition) is 6. The van der Waals surface area contributed by atoms with E-state index in [1.807, 2.05) is 24.3 Å². The molecule has 0 atom stereocenters. The normalized spacial score (nSPS) is 16.0. The van der Waals surface area contributed by atoms with Gasteiger partial charge in [0, 0.05) is 12.1 Å². The molecular weight excluding hydrogens is 368 g/mol. The standard InChI is InChI=1S/C19H26N2O3S2/c1-5-20(6-2)11-8-12-21-18(22)16(26-19(21)25)13-14-9-7-10-15(23-3)17(14)24-4/h7,9-10,13H,5-6,8,11-12H2,1-4H3/b16-13-. The molecule has 1 aromatic rings. The Morgan fingerprint density at radius 1 is 1.23 bits per heavy atom. The molecule has 0 aliphatic carbocycles. The average Bonchev–Trinajstić information content (AvgIpc) is 2.92. The maximum absolute atomic E-state index is 12.8. The van der Waals surface area contributed by atoms with E-state index in [9.17, 15) is 4.79 Å². The maximum Gasteiger partial charge on any atom is 0.266 e. The second-order valence-corrected chi connectivity index (χ2v) is 7.47. The number of thiocarbonyl (C=S) groups is 1. The summed E-state index contributed by atoms with van der Waals surface area (Å²) >= 11 is 6.75. The minimum atomic E-state index is -0.0376. The molecule has 1 aliphatic heterocycles. The van der Waals surface area contributed by atoms with Crippen LogP contribution in [-0.4, -0.2) is 60.4 Å². The van der Waals surface area contributed by atoms with Crippen molar-refractivity contribution in [3.05, 3.63) is 28.7 Å². The molecule has 0 unspecified atom stereocenters. The van der Waals surface area contributed by atoms with Crippen molar-refractivity contribution in [3.8, 4) is 11.5 Å². The van der Waals surface area contributed by atoms with Crippen LogP contribution in [0.4, 0.5) is 0 Å². The van der Waals surface area contributed by atoms with Gasteiger partial charge in [-0.2, -0.15) is 0 Å². The SMILES string of the molecule is CCN(CC)CCCN1C(=O)/C(=C/c2cccc(OC)c2OC)SC1=S. The van der Waals surface area contributed by atoms with Crippen LogP contribution in [0.1, 0.15) is 25.8 Å². The number of rotatable bonds is 9. The largest absolute Gasteiger partial charge is 0.493 e. The second kappa shape index (κ2) is 9.94. The number of thioether (sulfide) groups is 1. The summed E-state index contributed by atoms with van der Waals surface area (Å²) in [7, 11) is 3.19. The summed E-state index contributed by atoms with van der Waals surface area (Å²) in [6, 6.07) is 5.60. The number of amides is 1. The second-order valence-electron chi connectivity index (χ2n) is 5.80. The number of ether oxygens (including phenoxy) is 2. The van der Waals surface area contributed by atoms with Crippen molar-refractivity contribution in [1.29, 1.82) is 0 Å². The number of nitrogens with zero attached hydrogens (tertiary/aromatic N) is 2. The lowest BCUT2D eigenvalue weighted by atomic mass is 10.1. The molecule has 2 rings (SSSR count). The molecule has 1 aromatic carbocycles. The molecule has 0 bridgehead atoms. The van der Waals surface area contributed by atoms with Crippen LogP contribution in [-0.2, 0) is 4.79 Å². The van der Waals surface area contributed by atoms with Crippen molar-refractivity contribution in [2.45, 2.75) is 20.3 Å². The van der Waals surface area contributed by atoms with E-state index in [1.54, 1.807) is 19.1 Å². The monoisotopic (exact) mass is 394 g/mol. The molecule has 7 heteroatoms. The first kappa shape index (κ1) is 20.7. The maximum atomic E-state index is 12.8. The summed E-state index contributed by atoms with van der Waals surface area (Å²) in [4.78, 5) is 17.4. The molecule has 0 aromatic heterocycles. The Hall–Kier alpha value is -1.57. The molecule has 142 valence electrons. The quantitative estimate of drug-likeness (QED) is 0.471. The van der Waals surface area contributed by atoms with E-state index in [-0.39, 0.29) is 5.91 Å². The fraction of sp³-hybridized carbons (Fsp3) is 0.474. The lowest BCUT2D eigenvalue weighted by Crippen LogP contribution is -2.32. The highest BCUT2D eigenvalue weighted by atomic mass is 32.2. The van der Waals surface area contributed by atoms with Gasteiger partial charge in [-0.05, 0) is 38.2 Å². The zero-order valence-corrected chi connectivity index (χ0v) is 17.4. The number of benzene rings is 1. The van der Waals surface area contributed by atoms with Crippen LogP contribution >= 0.6 is 24.0 Å².